The minimum absolute atomic E-state index is 0.000994. The van der Waals surface area contributed by atoms with Crippen molar-refractivity contribution in [2.24, 2.45) is 0 Å². The smallest absolute Gasteiger partial charge is 0.293 e. The molecule has 6 nitrogen and oxygen atoms in total. The number of benzene rings is 2. The molecule has 1 aliphatic rings. The number of ether oxygens (including phenoxy) is 1. The van der Waals surface area contributed by atoms with Crippen LogP contribution in [0.1, 0.15) is 15.9 Å². The molecule has 122 valence electrons. The van der Waals surface area contributed by atoms with Gasteiger partial charge in [0, 0.05) is 25.7 Å². The molecule has 3 rings (SSSR count). The summed E-state index contributed by atoms with van der Waals surface area (Å²) in [6.45, 7) is 0.152. The van der Waals surface area contributed by atoms with Crippen LogP contribution < -0.4 is 9.64 Å². The van der Waals surface area contributed by atoms with Crippen LogP contribution in [0.4, 0.5) is 11.4 Å². The Morgan fingerprint density at radius 3 is 2.67 bits per heavy atom. The zero-order chi connectivity index (χ0) is 17.3. The molecule has 6 heteroatoms. The van der Waals surface area contributed by atoms with Gasteiger partial charge in [-0.2, -0.15) is 0 Å². The molecule has 0 saturated heterocycles. The number of carbonyl (C=O) groups excluding carboxylic acids is 1. The molecule has 0 radical (unpaired) electrons. The predicted molar refractivity (Wildman–Crippen MR) is 91.7 cm³/mol. The van der Waals surface area contributed by atoms with Crippen molar-refractivity contribution < 1.29 is 14.5 Å². The second-order valence-electron chi connectivity index (χ2n) is 5.68. The Balaban J connectivity index is 1.99. The average Bonchev–Trinajstić information content (AvgIpc) is 2.57. The molecule has 24 heavy (non-hydrogen) atoms. The Bertz CT molecular complexity index is 856. The molecule has 0 spiro atoms. The van der Waals surface area contributed by atoms with Gasteiger partial charge in [-0.25, -0.2) is 0 Å². The van der Waals surface area contributed by atoms with E-state index >= 15 is 0 Å². The van der Waals surface area contributed by atoms with Gasteiger partial charge in [0.1, 0.15) is 18.0 Å². The van der Waals surface area contributed by atoms with Gasteiger partial charge in [0.2, 0.25) is 0 Å². The quantitative estimate of drug-likeness (QED) is 0.492. The maximum atomic E-state index is 12.5. The lowest BCUT2D eigenvalue weighted by molar-refractivity contribution is -0.384. The molecule has 0 amide bonds. The molecular formula is C18H16N2O4. The maximum Gasteiger partial charge on any atom is 0.293 e. The van der Waals surface area contributed by atoms with E-state index in [1.807, 2.05) is 6.07 Å². The topological polar surface area (TPSA) is 72.7 Å². The van der Waals surface area contributed by atoms with Crippen molar-refractivity contribution in [3.63, 3.8) is 0 Å². The molecule has 1 heterocycles. The van der Waals surface area contributed by atoms with Crippen molar-refractivity contribution in [1.29, 1.82) is 0 Å². The number of fused-ring (bicyclic) bond motifs is 1. The van der Waals surface area contributed by atoms with E-state index in [1.54, 1.807) is 55.4 Å². The number of ketones is 1. The van der Waals surface area contributed by atoms with Gasteiger partial charge >= 0.3 is 0 Å². The minimum Gasteiger partial charge on any atom is -0.488 e. The summed E-state index contributed by atoms with van der Waals surface area (Å²) in [5.74, 6) is 0.449. The second kappa shape index (κ2) is 6.16. The largest absolute Gasteiger partial charge is 0.488 e. The number of rotatable bonds is 3. The molecular weight excluding hydrogens is 308 g/mol. The third kappa shape index (κ3) is 2.86. The van der Waals surface area contributed by atoms with Crippen LogP contribution in [-0.2, 0) is 0 Å². The van der Waals surface area contributed by atoms with Crippen LogP contribution in [0.15, 0.2) is 48.0 Å². The first-order valence-corrected chi connectivity index (χ1v) is 7.40. The Morgan fingerprint density at radius 1 is 1.21 bits per heavy atom. The molecule has 2 aromatic rings. The Kier molecular flexibility index (Phi) is 4.04. The van der Waals surface area contributed by atoms with E-state index in [-0.39, 0.29) is 18.1 Å². The van der Waals surface area contributed by atoms with Gasteiger partial charge in [-0.1, -0.05) is 18.2 Å². The molecule has 0 saturated carbocycles. The summed E-state index contributed by atoms with van der Waals surface area (Å²) in [4.78, 5) is 25.0. The first kappa shape index (κ1) is 15.7. The highest BCUT2D eigenvalue weighted by Gasteiger charge is 2.23. The first-order valence-electron chi connectivity index (χ1n) is 7.40. The molecule has 0 fully saturated rings. The summed E-state index contributed by atoms with van der Waals surface area (Å²) >= 11 is 0. The fourth-order valence-electron chi connectivity index (χ4n) is 2.64. The number of nitrogens with zero attached hydrogens (tertiary/aromatic N) is 2. The van der Waals surface area contributed by atoms with E-state index in [0.29, 0.717) is 28.1 Å². The van der Waals surface area contributed by atoms with E-state index in [0.717, 1.165) is 0 Å². The maximum absolute atomic E-state index is 12.5. The molecule has 1 aliphatic heterocycles. The van der Waals surface area contributed by atoms with Gasteiger partial charge in [-0.15, -0.1) is 0 Å². The predicted octanol–water partition coefficient (Wildman–Crippen LogP) is 3.32. The van der Waals surface area contributed by atoms with Crippen LogP contribution in [0.2, 0.25) is 0 Å². The number of nitro benzene ring substituents is 1. The van der Waals surface area contributed by atoms with Crippen LogP contribution in [0.5, 0.6) is 5.75 Å². The third-order valence-corrected chi connectivity index (χ3v) is 3.83. The Morgan fingerprint density at radius 2 is 1.96 bits per heavy atom. The average molecular weight is 324 g/mol. The summed E-state index contributed by atoms with van der Waals surface area (Å²) in [5, 5.41) is 11.3. The van der Waals surface area contributed by atoms with Crippen LogP contribution in [0.3, 0.4) is 0 Å². The van der Waals surface area contributed by atoms with Gasteiger partial charge in [0.05, 0.1) is 10.5 Å². The SMILES string of the molecule is CN(C)c1ccc(/C=C2\COc3ccccc3C2=O)cc1[N+](=O)[O-]. The fraction of sp³-hybridized carbons (Fsp3) is 0.167. The van der Waals surface area contributed by atoms with Gasteiger partial charge < -0.3 is 9.64 Å². The monoisotopic (exact) mass is 324 g/mol. The lowest BCUT2D eigenvalue weighted by Crippen LogP contribution is -2.18. The third-order valence-electron chi connectivity index (χ3n) is 3.83. The number of hydrogen-bond acceptors (Lipinski definition) is 5. The molecule has 0 unspecified atom stereocenters. The normalized spacial score (nSPS) is 14.9. The van der Waals surface area contributed by atoms with E-state index in [9.17, 15) is 14.9 Å². The summed E-state index contributed by atoms with van der Waals surface area (Å²) in [6.07, 6.45) is 1.64. The van der Waals surface area contributed by atoms with Gasteiger partial charge in [-0.3, -0.25) is 14.9 Å². The van der Waals surface area contributed by atoms with Crippen molar-refractivity contribution >= 4 is 23.2 Å². The minimum atomic E-state index is -0.425. The van der Waals surface area contributed by atoms with Crippen molar-refractivity contribution in [2.75, 3.05) is 25.6 Å². The number of hydrogen-bond donors (Lipinski definition) is 0. The molecule has 0 bridgehead atoms. The van der Waals surface area contributed by atoms with Gasteiger partial charge in [-0.05, 0) is 29.8 Å². The highest BCUT2D eigenvalue weighted by Crippen LogP contribution is 2.31. The Hall–Kier alpha value is -3.15. The number of para-hydroxylation sites is 1. The lowest BCUT2D eigenvalue weighted by Gasteiger charge is -2.18. The molecule has 0 atom stereocenters. The summed E-state index contributed by atoms with van der Waals surface area (Å²) in [6, 6.07) is 11.9. The van der Waals surface area contributed by atoms with Crippen molar-refractivity contribution in [1.82, 2.24) is 0 Å². The van der Waals surface area contributed by atoms with Crippen LogP contribution in [-0.4, -0.2) is 31.4 Å². The molecule has 0 aromatic heterocycles. The van der Waals surface area contributed by atoms with Crippen molar-refractivity contribution in [3.05, 3.63) is 69.3 Å². The van der Waals surface area contributed by atoms with Crippen LogP contribution in [0.25, 0.3) is 6.08 Å². The van der Waals surface area contributed by atoms with E-state index in [1.165, 1.54) is 6.07 Å². The summed E-state index contributed by atoms with van der Waals surface area (Å²) < 4.78 is 5.59. The standard InChI is InChI=1S/C18H16N2O4/c1-19(2)15-8-7-12(10-16(15)20(22)23)9-13-11-24-17-6-4-3-5-14(17)18(13)21/h3-10H,11H2,1-2H3/b13-9+. The van der Waals surface area contributed by atoms with Gasteiger partial charge in [0.25, 0.3) is 5.69 Å². The zero-order valence-corrected chi connectivity index (χ0v) is 13.4. The fourth-order valence-corrected chi connectivity index (χ4v) is 2.64. The number of nitro groups is 1. The van der Waals surface area contributed by atoms with Gasteiger partial charge in [0.15, 0.2) is 5.78 Å². The first-order chi connectivity index (χ1) is 11.5. The molecule has 0 N–H and O–H groups in total. The van der Waals surface area contributed by atoms with E-state index in [4.69, 9.17) is 4.74 Å². The highest BCUT2D eigenvalue weighted by molar-refractivity contribution is 6.14. The number of anilines is 1. The zero-order valence-electron chi connectivity index (χ0n) is 13.4. The van der Waals surface area contributed by atoms with Crippen molar-refractivity contribution in [3.8, 4) is 5.75 Å². The molecule has 2 aromatic carbocycles. The van der Waals surface area contributed by atoms with E-state index < -0.39 is 4.92 Å². The number of Topliss-reactive ketones (excluding diaryl/α,β-unsaturated/α-hetero) is 1. The van der Waals surface area contributed by atoms with Crippen LogP contribution in [0, 0.1) is 10.1 Å². The Labute approximate surface area is 139 Å². The summed E-state index contributed by atoms with van der Waals surface area (Å²) in [5.41, 5.74) is 2.09. The summed E-state index contributed by atoms with van der Waals surface area (Å²) in [7, 11) is 3.49. The molecule has 0 aliphatic carbocycles. The second-order valence-corrected chi connectivity index (χ2v) is 5.68. The lowest BCUT2D eigenvalue weighted by atomic mass is 9.98. The number of carbonyl (C=O) groups is 1. The van der Waals surface area contributed by atoms with E-state index in [2.05, 4.69) is 0 Å². The highest BCUT2D eigenvalue weighted by atomic mass is 16.6. The van der Waals surface area contributed by atoms with Crippen LogP contribution >= 0.6 is 0 Å². The van der Waals surface area contributed by atoms with Crippen molar-refractivity contribution in [2.45, 2.75) is 0 Å².